The van der Waals surface area contributed by atoms with Crippen molar-refractivity contribution >= 4 is 0 Å². The number of unbranched alkanes of at least 4 members (excludes halogenated alkanes) is 5. The smallest absolute Gasteiger partial charge is 0.187 e. The van der Waals surface area contributed by atoms with Crippen LogP contribution in [0, 0.1) is 0 Å². The van der Waals surface area contributed by atoms with E-state index in [2.05, 4.69) is 6.92 Å². The lowest BCUT2D eigenvalue weighted by atomic mass is 9.97. The summed E-state index contributed by atoms with van der Waals surface area (Å²) in [5, 5.41) is 69.7. The van der Waals surface area contributed by atoms with Crippen LogP contribution in [0.2, 0.25) is 0 Å². The predicted octanol–water partition coefficient (Wildman–Crippen LogP) is -2.01. The summed E-state index contributed by atoms with van der Waals surface area (Å²) < 4.78 is 21.9. The summed E-state index contributed by atoms with van der Waals surface area (Å²) in [6, 6.07) is 0. The Morgan fingerprint density at radius 2 is 1.23 bits per heavy atom. The van der Waals surface area contributed by atoms with E-state index in [1.807, 2.05) is 0 Å². The first-order chi connectivity index (χ1) is 14.8. The van der Waals surface area contributed by atoms with Gasteiger partial charge in [-0.15, -0.1) is 0 Å². The van der Waals surface area contributed by atoms with Crippen molar-refractivity contribution in [1.82, 2.24) is 0 Å². The second kappa shape index (κ2) is 13.3. The molecule has 0 bridgehead atoms. The van der Waals surface area contributed by atoms with Crippen LogP contribution in [0.25, 0.3) is 0 Å². The summed E-state index contributed by atoms with van der Waals surface area (Å²) in [6.45, 7) is 1.23. The summed E-state index contributed by atoms with van der Waals surface area (Å²) >= 11 is 0. The summed E-state index contributed by atoms with van der Waals surface area (Å²) in [4.78, 5) is 0. The second-order valence-electron chi connectivity index (χ2n) is 8.14. The first kappa shape index (κ1) is 26.8. The van der Waals surface area contributed by atoms with E-state index in [1.54, 1.807) is 0 Å². The summed E-state index contributed by atoms with van der Waals surface area (Å²) in [7, 11) is 0. The van der Waals surface area contributed by atoms with Crippen LogP contribution >= 0.6 is 0 Å². The molecule has 2 aliphatic heterocycles. The molecule has 184 valence electrons. The van der Waals surface area contributed by atoms with Crippen LogP contribution in [-0.4, -0.2) is 117 Å². The molecule has 0 radical (unpaired) electrons. The third-order valence-electron chi connectivity index (χ3n) is 5.74. The molecule has 11 nitrogen and oxygen atoms in total. The second-order valence-corrected chi connectivity index (χ2v) is 8.14. The van der Waals surface area contributed by atoms with E-state index in [4.69, 9.17) is 18.9 Å². The van der Waals surface area contributed by atoms with Crippen molar-refractivity contribution in [1.29, 1.82) is 0 Å². The van der Waals surface area contributed by atoms with Crippen molar-refractivity contribution in [3.8, 4) is 0 Å². The first-order valence-electron chi connectivity index (χ1n) is 11.1. The molecule has 2 fully saturated rings. The normalized spacial score (nSPS) is 41.4. The molecule has 2 saturated heterocycles. The largest absolute Gasteiger partial charge is 0.394 e. The number of aliphatic hydroxyl groups excluding tert-OH is 7. The molecule has 10 atom stereocenters. The molecule has 2 aliphatic rings. The van der Waals surface area contributed by atoms with Crippen molar-refractivity contribution in [2.75, 3.05) is 19.8 Å². The van der Waals surface area contributed by atoms with Crippen molar-refractivity contribution in [2.24, 2.45) is 0 Å². The molecule has 7 N–H and O–H groups in total. The van der Waals surface area contributed by atoms with Gasteiger partial charge in [0.2, 0.25) is 0 Å². The minimum Gasteiger partial charge on any atom is -0.394 e. The van der Waals surface area contributed by atoms with Crippen LogP contribution < -0.4 is 0 Å². The molecule has 11 heteroatoms. The van der Waals surface area contributed by atoms with Crippen molar-refractivity contribution < 1.29 is 54.7 Å². The molecule has 0 amide bonds. The Labute approximate surface area is 182 Å². The zero-order valence-electron chi connectivity index (χ0n) is 17.9. The maximum absolute atomic E-state index is 10.5. The van der Waals surface area contributed by atoms with Gasteiger partial charge in [0.15, 0.2) is 12.6 Å². The number of rotatable bonds is 12. The molecule has 31 heavy (non-hydrogen) atoms. The molecule has 0 aromatic heterocycles. The first-order valence-corrected chi connectivity index (χ1v) is 11.1. The van der Waals surface area contributed by atoms with E-state index in [-0.39, 0.29) is 0 Å². The fourth-order valence-electron chi connectivity index (χ4n) is 3.77. The summed E-state index contributed by atoms with van der Waals surface area (Å²) in [6.07, 6.45) is -7.98. The quantitative estimate of drug-likeness (QED) is 0.162. The van der Waals surface area contributed by atoms with Gasteiger partial charge in [-0.05, 0) is 6.42 Å². The molecular weight excluding hydrogens is 416 g/mol. The molecule has 2 rings (SSSR count). The highest BCUT2D eigenvalue weighted by Crippen LogP contribution is 2.29. The van der Waals surface area contributed by atoms with Crippen LogP contribution in [0.3, 0.4) is 0 Å². The van der Waals surface area contributed by atoms with Gasteiger partial charge in [-0.3, -0.25) is 0 Å². The third kappa shape index (κ3) is 7.02. The van der Waals surface area contributed by atoms with E-state index in [1.165, 1.54) is 6.42 Å². The Hall–Kier alpha value is -0.440. The number of ether oxygens (including phenoxy) is 4. The summed E-state index contributed by atoms with van der Waals surface area (Å²) in [5.74, 6) is 0. The van der Waals surface area contributed by atoms with E-state index >= 15 is 0 Å². The van der Waals surface area contributed by atoms with Gasteiger partial charge in [0.1, 0.15) is 48.8 Å². The molecule has 0 saturated carbocycles. The number of hydrogen-bond acceptors (Lipinski definition) is 11. The molecule has 0 aromatic rings. The van der Waals surface area contributed by atoms with E-state index in [0.29, 0.717) is 6.61 Å². The fourth-order valence-corrected chi connectivity index (χ4v) is 3.77. The maximum atomic E-state index is 10.5. The van der Waals surface area contributed by atoms with Gasteiger partial charge >= 0.3 is 0 Å². The Morgan fingerprint density at radius 1 is 0.645 bits per heavy atom. The lowest BCUT2D eigenvalue weighted by Gasteiger charge is -2.45. The van der Waals surface area contributed by atoms with E-state index < -0.39 is 74.6 Å². The molecule has 0 spiro atoms. The van der Waals surface area contributed by atoms with Gasteiger partial charge in [-0.1, -0.05) is 39.0 Å². The number of hydrogen-bond donors (Lipinski definition) is 7. The predicted molar refractivity (Wildman–Crippen MR) is 106 cm³/mol. The lowest BCUT2D eigenvalue weighted by Crippen LogP contribution is -2.64. The van der Waals surface area contributed by atoms with Crippen LogP contribution in [0.5, 0.6) is 0 Å². The third-order valence-corrected chi connectivity index (χ3v) is 5.74. The van der Waals surface area contributed by atoms with Gasteiger partial charge in [0.25, 0.3) is 0 Å². The fraction of sp³-hybridized carbons (Fsp3) is 1.00. The zero-order valence-corrected chi connectivity index (χ0v) is 17.9. The van der Waals surface area contributed by atoms with Gasteiger partial charge in [-0.25, -0.2) is 0 Å². The van der Waals surface area contributed by atoms with Crippen LogP contribution in [0.15, 0.2) is 0 Å². The highest BCUT2D eigenvalue weighted by molar-refractivity contribution is 4.94. The van der Waals surface area contributed by atoms with E-state index in [9.17, 15) is 35.7 Å². The Bertz CT molecular complexity index is 492. The Balaban J connectivity index is 1.90. The molecular formula is C20H38O11. The standard InChI is InChI=1S/C20H38O11/c1-2-3-4-5-6-7-8-28-19-17(27)15(25)18(12(10-22)30-19)31-20-16(26)14(24)13(23)11(9-21)29-20/h11-27H,2-10H2,1H3/t11?,12?,13-,14+,15-,16?,17?,18-,19-,20-/m1/s1. The Morgan fingerprint density at radius 3 is 1.87 bits per heavy atom. The van der Waals surface area contributed by atoms with Crippen LogP contribution in [0.4, 0.5) is 0 Å². The maximum Gasteiger partial charge on any atom is 0.187 e. The topological polar surface area (TPSA) is 179 Å². The molecule has 2 heterocycles. The molecule has 4 unspecified atom stereocenters. The van der Waals surface area contributed by atoms with E-state index in [0.717, 1.165) is 32.1 Å². The van der Waals surface area contributed by atoms with Crippen molar-refractivity contribution in [2.45, 2.75) is 107 Å². The van der Waals surface area contributed by atoms with Gasteiger partial charge < -0.3 is 54.7 Å². The van der Waals surface area contributed by atoms with Crippen molar-refractivity contribution in [3.63, 3.8) is 0 Å². The van der Waals surface area contributed by atoms with Crippen LogP contribution in [-0.2, 0) is 18.9 Å². The highest BCUT2D eigenvalue weighted by Gasteiger charge is 2.50. The molecule has 0 aromatic carbocycles. The van der Waals surface area contributed by atoms with Crippen molar-refractivity contribution in [3.05, 3.63) is 0 Å². The average Bonchev–Trinajstić information content (AvgIpc) is 2.77. The number of aliphatic hydroxyl groups is 7. The Kier molecular flexibility index (Phi) is 11.5. The average molecular weight is 455 g/mol. The lowest BCUT2D eigenvalue weighted by molar-refractivity contribution is -0.359. The monoisotopic (exact) mass is 454 g/mol. The zero-order chi connectivity index (χ0) is 23.0. The SMILES string of the molecule is CCCCCCCCO[C@@H]1OC(CO)[C@@H](O[C@H]2OC(CO)[C@@H](O)[C@H](O)C2O)[C@H](O)C1O. The van der Waals surface area contributed by atoms with Crippen LogP contribution in [0.1, 0.15) is 45.4 Å². The minimum absolute atomic E-state index is 0.316. The minimum atomic E-state index is -1.69. The molecule has 0 aliphatic carbocycles. The highest BCUT2D eigenvalue weighted by atomic mass is 16.7. The van der Waals surface area contributed by atoms with Gasteiger partial charge in [0, 0.05) is 6.61 Å². The van der Waals surface area contributed by atoms with Gasteiger partial charge in [-0.2, -0.15) is 0 Å². The van der Waals surface area contributed by atoms with Gasteiger partial charge in [0.05, 0.1) is 13.2 Å². The summed E-state index contributed by atoms with van der Waals surface area (Å²) in [5.41, 5.74) is 0.